The topological polar surface area (TPSA) is 93.5 Å². The van der Waals surface area contributed by atoms with Crippen molar-refractivity contribution < 1.29 is 9.90 Å². The number of carboxylic acid groups (broad SMARTS) is 1. The van der Waals surface area contributed by atoms with Crippen LogP contribution in [-0.4, -0.2) is 25.4 Å². The van der Waals surface area contributed by atoms with Gasteiger partial charge in [0.2, 0.25) is 0 Å². The van der Waals surface area contributed by atoms with Gasteiger partial charge in [0.1, 0.15) is 10.6 Å². The largest absolute Gasteiger partial charge is 0.480 e. The quantitative estimate of drug-likeness (QED) is 0.833. The number of nitrogens with two attached hydrogens (primary N) is 1. The Morgan fingerprint density at radius 2 is 2.27 bits per heavy atom. The van der Waals surface area contributed by atoms with Crippen molar-refractivity contribution in [2.45, 2.75) is 6.04 Å². The third-order valence-electron chi connectivity index (χ3n) is 1.98. The van der Waals surface area contributed by atoms with E-state index in [1.54, 1.807) is 10.6 Å². The molecule has 0 aliphatic carbocycles. The highest BCUT2D eigenvalue weighted by Crippen LogP contribution is 2.15. The van der Waals surface area contributed by atoms with Gasteiger partial charge in [-0.05, 0) is 15.9 Å². The molecule has 0 aliphatic heterocycles. The summed E-state index contributed by atoms with van der Waals surface area (Å²) in [5.74, 6) is -1.09. The molecule has 0 aromatic carbocycles. The van der Waals surface area contributed by atoms with Crippen LogP contribution < -0.4 is 5.73 Å². The lowest BCUT2D eigenvalue weighted by molar-refractivity contribution is -0.138. The zero-order valence-corrected chi connectivity index (χ0v) is 9.05. The fraction of sp³-hybridized carbons (Fsp3) is 0.125. The highest BCUT2D eigenvalue weighted by atomic mass is 79.9. The van der Waals surface area contributed by atoms with E-state index in [1.165, 1.54) is 12.4 Å². The van der Waals surface area contributed by atoms with E-state index < -0.39 is 12.0 Å². The molecule has 1 atom stereocenters. The van der Waals surface area contributed by atoms with E-state index in [2.05, 4.69) is 25.9 Å². The lowest BCUT2D eigenvalue weighted by atomic mass is 10.2. The molecule has 0 aliphatic rings. The standard InChI is InChI=1S/C8H7BrN4O2/c9-5-3-13-4(7(10)8(14)15)1-12-6(13)2-11-5/h1-3,7H,10H2,(H,14,15). The number of carboxylic acids is 1. The average Bonchev–Trinajstić information content (AvgIpc) is 2.59. The molecule has 0 saturated heterocycles. The summed E-state index contributed by atoms with van der Waals surface area (Å²) in [6.07, 6.45) is 4.59. The number of aromatic nitrogens is 3. The van der Waals surface area contributed by atoms with Gasteiger partial charge in [-0.1, -0.05) is 0 Å². The third-order valence-corrected chi connectivity index (χ3v) is 2.39. The number of carbonyl (C=O) groups is 1. The van der Waals surface area contributed by atoms with E-state index in [0.717, 1.165) is 0 Å². The Kier molecular flexibility index (Phi) is 2.41. The molecular formula is C8H7BrN4O2. The van der Waals surface area contributed by atoms with Crippen molar-refractivity contribution >= 4 is 27.5 Å². The van der Waals surface area contributed by atoms with Crippen LogP contribution >= 0.6 is 15.9 Å². The number of hydrogen-bond donors (Lipinski definition) is 2. The second kappa shape index (κ2) is 3.59. The molecule has 15 heavy (non-hydrogen) atoms. The molecular weight excluding hydrogens is 264 g/mol. The predicted molar refractivity (Wildman–Crippen MR) is 55.3 cm³/mol. The van der Waals surface area contributed by atoms with E-state index in [4.69, 9.17) is 10.8 Å². The first-order valence-electron chi connectivity index (χ1n) is 4.06. The molecule has 0 amide bonds. The van der Waals surface area contributed by atoms with Gasteiger partial charge in [-0.25, -0.2) is 9.97 Å². The summed E-state index contributed by atoms with van der Waals surface area (Å²) >= 11 is 3.19. The summed E-state index contributed by atoms with van der Waals surface area (Å²) in [6.45, 7) is 0. The minimum absolute atomic E-state index is 0.417. The van der Waals surface area contributed by atoms with Crippen molar-refractivity contribution in [2.24, 2.45) is 5.73 Å². The van der Waals surface area contributed by atoms with Gasteiger partial charge in [0.15, 0.2) is 5.65 Å². The number of halogens is 1. The SMILES string of the molecule is NC(C(=O)O)c1cnc2cnc(Br)cn12. The Morgan fingerprint density at radius 1 is 1.53 bits per heavy atom. The minimum Gasteiger partial charge on any atom is -0.480 e. The van der Waals surface area contributed by atoms with Crippen molar-refractivity contribution in [1.29, 1.82) is 0 Å². The number of nitrogens with zero attached hydrogens (tertiary/aromatic N) is 3. The molecule has 2 heterocycles. The van der Waals surface area contributed by atoms with Gasteiger partial charge >= 0.3 is 5.97 Å². The Balaban J connectivity index is 2.61. The summed E-state index contributed by atoms with van der Waals surface area (Å²) in [5.41, 5.74) is 6.48. The minimum atomic E-state index is -1.09. The van der Waals surface area contributed by atoms with E-state index >= 15 is 0 Å². The average molecular weight is 271 g/mol. The Hall–Kier alpha value is -1.47. The van der Waals surface area contributed by atoms with E-state index in [0.29, 0.717) is 15.9 Å². The Bertz CT molecular complexity index is 524. The molecule has 0 saturated carbocycles. The number of rotatable bonds is 2. The molecule has 3 N–H and O–H groups in total. The summed E-state index contributed by atoms with van der Waals surface area (Å²) in [5, 5.41) is 8.79. The van der Waals surface area contributed by atoms with Crippen LogP contribution in [0.1, 0.15) is 11.7 Å². The van der Waals surface area contributed by atoms with Crippen LogP contribution in [0.2, 0.25) is 0 Å². The molecule has 0 fully saturated rings. The Labute approximate surface area is 92.9 Å². The van der Waals surface area contributed by atoms with E-state index in [9.17, 15) is 4.79 Å². The van der Waals surface area contributed by atoms with Crippen molar-refractivity contribution in [2.75, 3.05) is 0 Å². The lowest BCUT2D eigenvalue weighted by Gasteiger charge is -2.05. The van der Waals surface area contributed by atoms with Crippen LogP contribution in [0, 0.1) is 0 Å². The second-order valence-electron chi connectivity index (χ2n) is 2.94. The normalized spacial score (nSPS) is 12.9. The molecule has 2 rings (SSSR count). The molecule has 7 heteroatoms. The highest BCUT2D eigenvalue weighted by Gasteiger charge is 2.18. The van der Waals surface area contributed by atoms with Crippen LogP contribution in [0.5, 0.6) is 0 Å². The molecule has 2 aromatic heterocycles. The monoisotopic (exact) mass is 270 g/mol. The van der Waals surface area contributed by atoms with Gasteiger partial charge in [-0.3, -0.25) is 9.20 Å². The first-order chi connectivity index (χ1) is 7.09. The summed E-state index contributed by atoms with van der Waals surface area (Å²) in [7, 11) is 0. The van der Waals surface area contributed by atoms with Gasteiger partial charge in [0, 0.05) is 6.20 Å². The first kappa shape index (κ1) is 10.1. The van der Waals surface area contributed by atoms with Gasteiger partial charge in [0.25, 0.3) is 0 Å². The van der Waals surface area contributed by atoms with Crippen LogP contribution in [0.4, 0.5) is 0 Å². The summed E-state index contributed by atoms with van der Waals surface area (Å²) < 4.78 is 2.18. The number of aliphatic carboxylic acids is 1. The molecule has 0 radical (unpaired) electrons. The first-order valence-corrected chi connectivity index (χ1v) is 4.86. The maximum atomic E-state index is 10.7. The van der Waals surface area contributed by atoms with Crippen LogP contribution in [0.15, 0.2) is 23.2 Å². The number of fused-ring (bicyclic) bond motifs is 1. The summed E-state index contributed by atoms with van der Waals surface area (Å²) in [4.78, 5) is 18.7. The van der Waals surface area contributed by atoms with Gasteiger partial charge < -0.3 is 10.8 Å². The van der Waals surface area contributed by atoms with E-state index in [-0.39, 0.29) is 0 Å². The molecule has 1 unspecified atom stereocenters. The van der Waals surface area contributed by atoms with Gasteiger partial charge in [-0.2, -0.15) is 0 Å². The lowest BCUT2D eigenvalue weighted by Crippen LogP contribution is -2.22. The molecule has 0 bridgehead atoms. The molecule has 2 aromatic rings. The third kappa shape index (κ3) is 1.71. The van der Waals surface area contributed by atoms with Crippen molar-refractivity contribution in [3.8, 4) is 0 Å². The fourth-order valence-corrected chi connectivity index (χ4v) is 1.55. The maximum absolute atomic E-state index is 10.7. The van der Waals surface area contributed by atoms with Crippen molar-refractivity contribution in [3.63, 3.8) is 0 Å². The van der Waals surface area contributed by atoms with Gasteiger partial charge in [0.05, 0.1) is 18.1 Å². The zero-order valence-electron chi connectivity index (χ0n) is 7.46. The number of imidazole rings is 1. The number of hydrogen-bond acceptors (Lipinski definition) is 4. The van der Waals surface area contributed by atoms with E-state index in [1.807, 2.05) is 0 Å². The zero-order chi connectivity index (χ0) is 11.0. The highest BCUT2D eigenvalue weighted by molar-refractivity contribution is 9.10. The maximum Gasteiger partial charge on any atom is 0.326 e. The summed E-state index contributed by atoms with van der Waals surface area (Å²) in [6, 6.07) is -1.09. The van der Waals surface area contributed by atoms with Crippen LogP contribution in [0.3, 0.4) is 0 Å². The van der Waals surface area contributed by atoms with Crippen LogP contribution in [0.25, 0.3) is 5.65 Å². The second-order valence-corrected chi connectivity index (χ2v) is 3.75. The molecule has 0 spiro atoms. The van der Waals surface area contributed by atoms with Crippen molar-refractivity contribution in [3.05, 3.63) is 28.9 Å². The van der Waals surface area contributed by atoms with Crippen molar-refractivity contribution in [1.82, 2.24) is 14.4 Å². The molecule has 78 valence electrons. The fourth-order valence-electron chi connectivity index (χ4n) is 1.24. The Morgan fingerprint density at radius 3 is 2.93 bits per heavy atom. The van der Waals surface area contributed by atoms with Gasteiger partial charge in [-0.15, -0.1) is 0 Å². The molecule has 6 nitrogen and oxygen atoms in total. The van der Waals surface area contributed by atoms with Crippen LogP contribution in [-0.2, 0) is 4.79 Å². The smallest absolute Gasteiger partial charge is 0.326 e. The predicted octanol–water partition coefficient (Wildman–Crippen LogP) is 0.576.